The summed E-state index contributed by atoms with van der Waals surface area (Å²) in [4.78, 5) is 32.0. The summed E-state index contributed by atoms with van der Waals surface area (Å²) in [5, 5.41) is 1.79. The molecule has 30 heavy (non-hydrogen) atoms. The maximum Gasteiger partial charge on any atom is 0.246 e. The molecule has 2 aliphatic heterocycles. The number of carbonyl (C=O) groups is 2. The van der Waals surface area contributed by atoms with Gasteiger partial charge < -0.3 is 9.72 Å². The van der Waals surface area contributed by atoms with Crippen LogP contribution in [0.25, 0.3) is 10.9 Å². The van der Waals surface area contributed by atoms with Crippen LogP contribution < -0.4 is 4.74 Å². The van der Waals surface area contributed by atoms with Crippen molar-refractivity contribution >= 4 is 34.3 Å². The minimum atomic E-state index is -0.461. The summed E-state index contributed by atoms with van der Waals surface area (Å²) in [5.41, 5.74) is 4.35. The van der Waals surface area contributed by atoms with Crippen LogP contribution in [-0.4, -0.2) is 53.3 Å². The van der Waals surface area contributed by atoms with Crippen LogP contribution >= 0.6 is 11.6 Å². The minimum absolute atomic E-state index is 0.132. The number of fused-ring (bicyclic) bond motifs is 3. The molecule has 5 rings (SSSR count). The summed E-state index contributed by atoms with van der Waals surface area (Å²) in [6.45, 7) is 0.683. The molecule has 1 saturated heterocycles. The molecule has 0 spiro atoms. The molecule has 0 saturated carbocycles. The van der Waals surface area contributed by atoms with E-state index in [1.807, 2.05) is 36.4 Å². The number of rotatable bonds is 3. The maximum absolute atomic E-state index is 12.8. The molecule has 2 aliphatic rings. The number of carbonyl (C=O) groups excluding carboxylic acids is 2. The van der Waals surface area contributed by atoms with Crippen molar-refractivity contribution in [1.29, 1.82) is 0 Å². The normalized spacial score (nSPS) is 22.0. The SMILES string of the molecule is COc1ccc2[nH]c3c(c2c1)CCN(C1CC(=O)N(C)C1=O)C3c1ccc(Cl)cc1. The number of nitrogens with one attached hydrogen (secondary N) is 1. The van der Waals surface area contributed by atoms with Crippen molar-refractivity contribution in [2.24, 2.45) is 0 Å². The van der Waals surface area contributed by atoms with Crippen LogP contribution in [0.15, 0.2) is 42.5 Å². The molecular weight excluding hydrogens is 402 g/mol. The Labute approximate surface area is 179 Å². The number of ether oxygens (including phenoxy) is 1. The van der Waals surface area contributed by atoms with Gasteiger partial charge in [0.15, 0.2) is 0 Å². The van der Waals surface area contributed by atoms with E-state index in [1.54, 1.807) is 14.2 Å². The highest BCUT2D eigenvalue weighted by atomic mass is 35.5. The summed E-state index contributed by atoms with van der Waals surface area (Å²) in [7, 11) is 3.23. The lowest BCUT2D eigenvalue weighted by Crippen LogP contribution is -2.46. The number of nitrogens with zero attached hydrogens (tertiary/aromatic N) is 2. The summed E-state index contributed by atoms with van der Waals surface area (Å²) in [6.07, 6.45) is 0.997. The van der Waals surface area contributed by atoms with Gasteiger partial charge in [0.2, 0.25) is 11.8 Å². The molecule has 2 atom stereocenters. The lowest BCUT2D eigenvalue weighted by Gasteiger charge is -2.39. The highest BCUT2D eigenvalue weighted by Crippen LogP contribution is 2.41. The number of aromatic nitrogens is 1. The van der Waals surface area contributed by atoms with E-state index in [9.17, 15) is 9.59 Å². The Morgan fingerprint density at radius 2 is 1.90 bits per heavy atom. The fourth-order valence-corrected chi connectivity index (χ4v) is 4.87. The molecule has 2 aromatic carbocycles. The molecular formula is C23H22ClN3O3. The molecule has 0 radical (unpaired) electrons. The lowest BCUT2D eigenvalue weighted by molar-refractivity contribution is -0.138. The van der Waals surface area contributed by atoms with E-state index >= 15 is 0 Å². The minimum Gasteiger partial charge on any atom is -0.497 e. The molecule has 3 aromatic rings. The average Bonchev–Trinajstić information content (AvgIpc) is 3.25. The van der Waals surface area contributed by atoms with E-state index in [2.05, 4.69) is 16.0 Å². The second-order valence-electron chi connectivity index (χ2n) is 7.88. The largest absolute Gasteiger partial charge is 0.497 e. The molecule has 1 fully saturated rings. The highest BCUT2D eigenvalue weighted by Gasteiger charge is 2.45. The van der Waals surface area contributed by atoms with Gasteiger partial charge in [-0.25, -0.2) is 0 Å². The Kier molecular flexibility index (Phi) is 4.56. The molecule has 0 aliphatic carbocycles. The van der Waals surface area contributed by atoms with Gasteiger partial charge in [0.1, 0.15) is 5.75 Å². The van der Waals surface area contributed by atoms with Gasteiger partial charge in [-0.15, -0.1) is 0 Å². The number of aromatic amines is 1. The van der Waals surface area contributed by atoms with Gasteiger partial charge in [0.25, 0.3) is 0 Å². The molecule has 154 valence electrons. The number of imide groups is 1. The fourth-order valence-electron chi connectivity index (χ4n) is 4.75. The molecule has 0 bridgehead atoms. The molecule has 6 nitrogen and oxygen atoms in total. The second-order valence-corrected chi connectivity index (χ2v) is 8.32. The Hall–Kier alpha value is -2.83. The number of amides is 2. The predicted molar refractivity (Wildman–Crippen MR) is 115 cm³/mol. The highest BCUT2D eigenvalue weighted by molar-refractivity contribution is 6.30. The number of hydrogen-bond donors (Lipinski definition) is 1. The Balaban J connectivity index is 1.66. The van der Waals surface area contributed by atoms with Gasteiger partial charge in [-0.3, -0.25) is 19.4 Å². The van der Waals surface area contributed by atoms with Gasteiger partial charge in [-0.2, -0.15) is 0 Å². The van der Waals surface area contributed by atoms with Gasteiger partial charge >= 0.3 is 0 Å². The van der Waals surface area contributed by atoms with Crippen molar-refractivity contribution in [2.45, 2.75) is 24.9 Å². The number of likely N-dealkylation sites (tertiary alicyclic amines) is 1. The van der Waals surface area contributed by atoms with Gasteiger partial charge in [-0.1, -0.05) is 23.7 Å². The zero-order chi connectivity index (χ0) is 21.0. The lowest BCUT2D eigenvalue weighted by atomic mass is 9.90. The quantitative estimate of drug-likeness (QED) is 0.654. The Bertz CT molecular complexity index is 1150. The zero-order valence-electron chi connectivity index (χ0n) is 16.8. The molecule has 3 heterocycles. The zero-order valence-corrected chi connectivity index (χ0v) is 17.6. The summed E-state index contributed by atoms with van der Waals surface area (Å²) < 4.78 is 5.42. The van der Waals surface area contributed by atoms with Crippen LogP contribution in [0.5, 0.6) is 5.75 Å². The number of likely N-dealkylation sites (N-methyl/N-ethyl adjacent to an activating group) is 1. The maximum atomic E-state index is 12.8. The first-order valence-electron chi connectivity index (χ1n) is 9.98. The van der Waals surface area contributed by atoms with Crippen molar-refractivity contribution in [3.05, 3.63) is 64.3 Å². The fraction of sp³-hybridized carbons (Fsp3) is 0.304. The first-order valence-corrected chi connectivity index (χ1v) is 10.4. The van der Waals surface area contributed by atoms with E-state index in [1.165, 1.54) is 10.5 Å². The monoisotopic (exact) mass is 423 g/mol. The summed E-state index contributed by atoms with van der Waals surface area (Å²) >= 11 is 6.13. The third kappa shape index (κ3) is 2.90. The smallest absolute Gasteiger partial charge is 0.246 e. The van der Waals surface area contributed by atoms with Crippen molar-refractivity contribution < 1.29 is 14.3 Å². The average molecular weight is 424 g/mol. The van der Waals surface area contributed by atoms with Crippen LogP contribution in [0.2, 0.25) is 5.02 Å². The van der Waals surface area contributed by atoms with Crippen LogP contribution in [0.4, 0.5) is 0 Å². The van der Waals surface area contributed by atoms with E-state index in [0.29, 0.717) is 11.6 Å². The van der Waals surface area contributed by atoms with Gasteiger partial charge in [0.05, 0.1) is 25.6 Å². The number of benzene rings is 2. The third-order valence-corrected chi connectivity index (χ3v) is 6.57. The summed E-state index contributed by atoms with van der Waals surface area (Å²) in [6, 6.07) is 13.1. The number of halogens is 1. The van der Waals surface area contributed by atoms with Gasteiger partial charge in [-0.05, 0) is 47.9 Å². The molecule has 2 amide bonds. The summed E-state index contributed by atoms with van der Waals surface area (Å²) in [5.74, 6) is 0.542. The standard InChI is InChI=1S/C23H22ClN3O3/c1-26-20(28)12-19(23(26)29)27-10-9-16-17-11-15(30-2)7-8-18(17)25-21(16)22(27)13-3-5-14(24)6-4-13/h3-8,11,19,22,25H,9-10,12H2,1-2H3. The first-order chi connectivity index (χ1) is 14.5. The molecule has 7 heteroatoms. The van der Waals surface area contributed by atoms with Crippen LogP contribution in [0.1, 0.15) is 29.3 Å². The molecule has 2 unspecified atom stereocenters. The topological polar surface area (TPSA) is 65.6 Å². The number of hydrogen-bond acceptors (Lipinski definition) is 4. The Morgan fingerprint density at radius 1 is 1.13 bits per heavy atom. The van der Waals surface area contributed by atoms with Crippen molar-refractivity contribution in [3.63, 3.8) is 0 Å². The van der Waals surface area contributed by atoms with Crippen molar-refractivity contribution in [3.8, 4) is 5.75 Å². The third-order valence-electron chi connectivity index (χ3n) is 6.32. The van der Waals surface area contributed by atoms with Crippen molar-refractivity contribution in [1.82, 2.24) is 14.8 Å². The second kappa shape index (κ2) is 7.15. The number of H-pyrrole nitrogens is 1. The predicted octanol–water partition coefficient (Wildman–Crippen LogP) is 3.53. The Morgan fingerprint density at radius 3 is 2.57 bits per heavy atom. The molecule has 1 aromatic heterocycles. The first kappa shape index (κ1) is 19.2. The van der Waals surface area contributed by atoms with Crippen molar-refractivity contribution in [2.75, 3.05) is 20.7 Å². The van der Waals surface area contributed by atoms with Gasteiger partial charge in [0, 0.05) is 35.2 Å². The van der Waals surface area contributed by atoms with Crippen LogP contribution in [0, 0.1) is 0 Å². The van der Waals surface area contributed by atoms with E-state index in [0.717, 1.165) is 34.3 Å². The van der Waals surface area contributed by atoms with E-state index in [4.69, 9.17) is 16.3 Å². The van der Waals surface area contributed by atoms with E-state index < -0.39 is 6.04 Å². The van der Waals surface area contributed by atoms with Crippen LogP contribution in [-0.2, 0) is 16.0 Å². The number of methoxy groups -OCH3 is 1. The van der Waals surface area contributed by atoms with Crippen LogP contribution in [0.3, 0.4) is 0 Å². The molecule has 1 N–H and O–H groups in total. The van der Waals surface area contributed by atoms with E-state index in [-0.39, 0.29) is 24.3 Å².